The Morgan fingerprint density at radius 3 is 2.20 bits per heavy atom. The maximum absolute atomic E-state index is 12.1. The highest BCUT2D eigenvalue weighted by Gasteiger charge is 2.17. The Hall–Kier alpha value is -2.86. The van der Waals surface area contributed by atoms with Crippen LogP contribution >= 0.6 is 0 Å². The second kappa shape index (κ2) is 10.8. The van der Waals surface area contributed by atoms with E-state index in [9.17, 15) is 9.59 Å². The van der Waals surface area contributed by atoms with Crippen LogP contribution in [0.4, 0.5) is 11.4 Å². The molecule has 0 bridgehead atoms. The number of para-hydroxylation sites is 1. The first-order valence-corrected chi connectivity index (χ1v) is 10.7. The zero-order chi connectivity index (χ0) is 21.3. The van der Waals surface area contributed by atoms with E-state index in [4.69, 9.17) is 0 Å². The summed E-state index contributed by atoms with van der Waals surface area (Å²) in [6.45, 7) is 9.68. The maximum atomic E-state index is 12.1. The number of nitrogens with one attached hydrogen (secondary N) is 2. The van der Waals surface area contributed by atoms with E-state index >= 15 is 0 Å². The summed E-state index contributed by atoms with van der Waals surface area (Å²) in [7, 11) is 0. The molecule has 6 nitrogen and oxygen atoms in total. The molecule has 0 aromatic heterocycles. The van der Waals surface area contributed by atoms with Gasteiger partial charge in [-0.2, -0.15) is 0 Å². The third-order valence-electron chi connectivity index (χ3n) is 5.47. The van der Waals surface area contributed by atoms with Crippen molar-refractivity contribution >= 4 is 23.2 Å². The van der Waals surface area contributed by atoms with E-state index in [0.29, 0.717) is 18.2 Å². The number of anilines is 2. The Labute approximate surface area is 179 Å². The molecule has 1 aliphatic heterocycles. The van der Waals surface area contributed by atoms with Crippen LogP contribution in [0.1, 0.15) is 31.7 Å². The summed E-state index contributed by atoms with van der Waals surface area (Å²) in [4.78, 5) is 28.9. The number of carbonyl (C=O) groups is 2. The maximum Gasteiger partial charge on any atom is 0.313 e. The van der Waals surface area contributed by atoms with Gasteiger partial charge in [-0.1, -0.05) is 44.2 Å². The fraction of sp³-hybridized carbons (Fsp3) is 0.417. The average Bonchev–Trinajstić information content (AvgIpc) is 2.78. The van der Waals surface area contributed by atoms with Crippen LogP contribution in [-0.4, -0.2) is 56.0 Å². The SMILES string of the molecule is CC(C)c1ccc(NC(=O)C(=O)NCCCN2CCN(c3ccccc3)CC2)cc1. The second-order valence-corrected chi connectivity index (χ2v) is 8.00. The first-order chi connectivity index (χ1) is 14.5. The molecule has 0 spiro atoms. The Morgan fingerprint density at radius 2 is 1.57 bits per heavy atom. The molecule has 1 fully saturated rings. The lowest BCUT2D eigenvalue weighted by molar-refractivity contribution is -0.136. The number of hydrogen-bond acceptors (Lipinski definition) is 4. The van der Waals surface area contributed by atoms with Crippen LogP contribution in [0.3, 0.4) is 0 Å². The lowest BCUT2D eigenvalue weighted by Gasteiger charge is -2.36. The Bertz CT molecular complexity index is 813. The number of amides is 2. The van der Waals surface area contributed by atoms with Crippen molar-refractivity contribution in [3.05, 3.63) is 60.2 Å². The molecule has 0 aliphatic carbocycles. The molecule has 30 heavy (non-hydrogen) atoms. The van der Waals surface area contributed by atoms with Crippen LogP contribution in [0.25, 0.3) is 0 Å². The molecule has 1 saturated heterocycles. The number of carbonyl (C=O) groups excluding carboxylic acids is 2. The summed E-state index contributed by atoms with van der Waals surface area (Å²) in [6.07, 6.45) is 0.827. The number of piperazine rings is 1. The number of hydrogen-bond donors (Lipinski definition) is 2. The average molecular weight is 409 g/mol. The van der Waals surface area contributed by atoms with Crippen molar-refractivity contribution in [1.29, 1.82) is 0 Å². The zero-order valence-electron chi connectivity index (χ0n) is 17.9. The van der Waals surface area contributed by atoms with Gasteiger partial charge in [0.15, 0.2) is 0 Å². The van der Waals surface area contributed by atoms with E-state index in [-0.39, 0.29) is 0 Å². The molecule has 0 atom stereocenters. The van der Waals surface area contributed by atoms with Gasteiger partial charge in [0, 0.05) is 44.1 Å². The Kier molecular flexibility index (Phi) is 7.85. The summed E-state index contributed by atoms with van der Waals surface area (Å²) in [6, 6.07) is 18.1. The van der Waals surface area contributed by atoms with Gasteiger partial charge in [-0.25, -0.2) is 0 Å². The first-order valence-electron chi connectivity index (χ1n) is 10.7. The van der Waals surface area contributed by atoms with Crippen LogP contribution in [0.15, 0.2) is 54.6 Å². The molecule has 2 amide bonds. The lowest BCUT2D eigenvalue weighted by atomic mass is 10.0. The number of nitrogens with zero attached hydrogens (tertiary/aromatic N) is 2. The highest BCUT2D eigenvalue weighted by atomic mass is 16.2. The highest BCUT2D eigenvalue weighted by Crippen LogP contribution is 2.17. The fourth-order valence-electron chi connectivity index (χ4n) is 3.59. The topological polar surface area (TPSA) is 64.7 Å². The van der Waals surface area contributed by atoms with Crippen molar-refractivity contribution in [2.24, 2.45) is 0 Å². The van der Waals surface area contributed by atoms with Crippen molar-refractivity contribution in [2.75, 3.05) is 49.5 Å². The van der Waals surface area contributed by atoms with Crippen molar-refractivity contribution in [3.8, 4) is 0 Å². The normalized spacial score (nSPS) is 14.6. The van der Waals surface area contributed by atoms with Gasteiger partial charge in [-0.05, 0) is 48.7 Å². The van der Waals surface area contributed by atoms with Crippen molar-refractivity contribution < 1.29 is 9.59 Å². The number of benzene rings is 2. The van der Waals surface area contributed by atoms with Gasteiger partial charge in [-0.15, -0.1) is 0 Å². The predicted octanol–water partition coefficient (Wildman–Crippen LogP) is 3.08. The number of rotatable bonds is 7. The van der Waals surface area contributed by atoms with Gasteiger partial charge in [0.2, 0.25) is 0 Å². The van der Waals surface area contributed by atoms with Gasteiger partial charge >= 0.3 is 11.8 Å². The molecule has 1 aliphatic rings. The predicted molar refractivity (Wildman–Crippen MR) is 122 cm³/mol. The molecule has 160 valence electrons. The second-order valence-electron chi connectivity index (χ2n) is 8.00. The van der Waals surface area contributed by atoms with Gasteiger partial charge in [0.25, 0.3) is 0 Å². The minimum Gasteiger partial charge on any atom is -0.369 e. The molecular formula is C24H32N4O2. The standard InChI is InChI=1S/C24H32N4O2/c1-19(2)20-9-11-21(12-10-20)26-24(30)23(29)25-13-6-14-27-15-17-28(18-16-27)22-7-4-3-5-8-22/h3-5,7-12,19H,6,13-18H2,1-2H3,(H,25,29)(H,26,30). The van der Waals surface area contributed by atoms with Crippen LogP contribution in [0.2, 0.25) is 0 Å². The van der Waals surface area contributed by atoms with Gasteiger partial charge in [0.1, 0.15) is 0 Å². The summed E-state index contributed by atoms with van der Waals surface area (Å²) in [5, 5.41) is 5.37. The molecule has 6 heteroatoms. The van der Waals surface area contributed by atoms with Crippen molar-refractivity contribution in [3.63, 3.8) is 0 Å². The van der Waals surface area contributed by atoms with Crippen LogP contribution in [0.5, 0.6) is 0 Å². The van der Waals surface area contributed by atoms with E-state index in [0.717, 1.165) is 39.1 Å². The van der Waals surface area contributed by atoms with E-state index in [2.05, 4.69) is 58.5 Å². The van der Waals surface area contributed by atoms with Crippen molar-refractivity contribution in [1.82, 2.24) is 10.2 Å². The molecule has 2 N–H and O–H groups in total. The summed E-state index contributed by atoms with van der Waals surface area (Å²) in [5.74, 6) is -0.778. The Morgan fingerprint density at radius 1 is 0.900 bits per heavy atom. The zero-order valence-corrected chi connectivity index (χ0v) is 17.9. The third kappa shape index (κ3) is 6.32. The van der Waals surface area contributed by atoms with Crippen LogP contribution in [0, 0.1) is 0 Å². The lowest BCUT2D eigenvalue weighted by Crippen LogP contribution is -2.47. The smallest absolute Gasteiger partial charge is 0.313 e. The minimum atomic E-state index is -0.622. The van der Waals surface area contributed by atoms with E-state index in [1.165, 1.54) is 11.3 Å². The molecule has 1 heterocycles. The summed E-state index contributed by atoms with van der Waals surface area (Å²) < 4.78 is 0. The van der Waals surface area contributed by atoms with E-state index in [1.54, 1.807) is 0 Å². The first kappa shape index (κ1) is 21.8. The monoisotopic (exact) mass is 408 g/mol. The molecule has 3 rings (SSSR count). The molecule has 0 saturated carbocycles. The van der Waals surface area contributed by atoms with Crippen LogP contribution < -0.4 is 15.5 Å². The quantitative estimate of drug-likeness (QED) is 0.546. The summed E-state index contributed by atoms with van der Waals surface area (Å²) in [5.41, 5.74) is 3.10. The Balaban J connectivity index is 1.31. The molecule has 2 aromatic carbocycles. The largest absolute Gasteiger partial charge is 0.369 e. The molecule has 2 aromatic rings. The summed E-state index contributed by atoms with van der Waals surface area (Å²) >= 11 is 0. The van der Waals surface area contributed by atoms with Gasteiger partial charge in [0.05, 0.1) is 0 Å². The van der Waals surface area contributed by atoms with E-state index in [1.807, 2.05) is 30.3 Å². The van der Waals surface area contributed by atoms with E-state index < -0.39 is 11.8 Å². The third-order valence-corrected chi connectivity index (χ3v) is 5.47. The molecular weight excluding hydrogens is 376 g/mol. The van der Waals surface area contributed by atoms with Crippen LogP contribution in [-0.2, 0) is 9.59 Å². The van der Waals surface area contributed by atoms with Gasteiger partial charge < -0.3 is 15.5 Å². The minimum absolute atomic E-state index is 0.430. The fourth-order valence-corrected chi connectivity index (χ4v) is 3.59. The van der Waals surface area contributed by atoms with Crippen molar-refractivity contribution in [2.45, 2.75) is 26.2 Å². The van der Waals surface area contributed by atoms with Gasteiger partial charge in [-0.3, -0.25) is 14.5 Å². The highest BCUT2D eigenvalue weighted by molar-refractivity contribution is 6.39. The molecule has 0 radical (unpaired) electrons. The molecule has 0 unspecified atom stereocenters.